The van der Waals surface area contributed by atoms with Gasteiger partial charge in [0.1, 0.15) is 10.8 Å². The maximum Gasteiger partial charge on any atom is 0.251 e. The number of rotatable bonds is 4. The van der Waals surface area contributed by atoms with Gasteiger partial charge in [0.25, 0.3) is 5.91 Å². The van der Waals surface area contributed by atoms with Crippen LogP contribution < -0.4 is 10.6 Å². The van der Waals surface area contributed by atoms with E-state index in [0.717, 1.165) is 27.6 Å². The van der Waals surface area contributed by atoms with Crippen LogP contribution in [0.2, 0.25) is 0 Å². The van der Waals surface area contributed by atoms with E-state index in [9.17, 15) is 9.18 Å². The van der Waals surface area contributed by atoms with Crippen molar-refractivity contribution in [1.29, 1.82) is 0 Å². The number of amides is 1. The highest BCUT2D eigenvalue weighted by molar-refractivity contribution is 7.99. The first-order valence-corrected chi connectivity index (χ1v) is 11.7. The molecule has 32 heavy (non-hydrogen) atoms. The molecular formula is C24H19FN4OS2. The fourth-order valence-electron chi connectivity index (χ4n) is 3.56. The summed E-state index contributed by atoms with van der Waals surface area (Å²) in [6.45, 7) is 3.06. The number of anilines is 1. The molecule has 1 aliphatic heterocycles. The standard InChI is InChI=1S/C24H19FN4OS2/c1-14-18(7-9-21-22(14)27-10-15-4-2-3-5-20(15)32-21)23(30)28-12-17-13-29-24(31-17)19-8-6-16(25)11-26-19/h2-9,11,13,27H,10,12H2,1H3,(H,28,30). The summed E-state index contributed by atoms with van der Waals surface area (Å²) in [6.07, 6.45) is 2.88. The Balaban J connectivity index is 1.30. The van der Waals surface area contributed by atoms with Crippen molar-refractivity contribution in [3.63, 3.8) is 0 Å². The molecule has 3 heterocycles. The van der Waals surface area contributed by atoms with E-state index in [1.807, 2.05) is 31.2 Å². The van der Waals surface area contributed by atoms with Crippen molar-refractivity contribution in [3.8, 4) is 10.7 Å². The predicted molar refractivity (Wildman–Crippen MR) is 126 cm³/mol. The summed E-state index contributed by atoms with van der Waals surface area (Å²) in [6, 6.07) is 15.2. The van der Waals surface area contributed by atoms with Gasteiger partial charge in [0, 0.05) is 33.0 Å². The van der Waals surface area contributed by atoms with E-state index in [2.05, 4.69) is 32.7 Å². The van der Waals surface area contributed by atoms with E-state index < -0.39 is 0 Å². The lowest BCUT2D eigenvalue weighted by Crippen LogP contribution is -2.23. The number of fused-ring (bicyclic) bond motifs is 2. The quantitative estimate of drug-likeness (QED) is 0.410. The molecule has 1 aliphatic rings. The zero-order chi connectivity index (χ0) is 22.1. The molecule has 0 radical (unpaired) electrons. The number of nitrogens with one attached hydrogen (secondary N) is 2. The lowest BCUT2D eigenvalue weighted by atomic mass is 10.1. The number of hydrogen-bond acceptors (Lipinski definition) is 6. The maximum absolute atomic E-state index is 13.1. The molecule has 1 amide bonds. The van der Waals surface area contributed by atoms with Crippen LogP contribution >= 0.6 is 23.1 Å². The zero-order valence-corrected chi connectivity index (χ0v) is 18.8. The van der Waals surface area contributed by atoms with Crippen LogP contribution in [0, 0.1) is 12.7 Å². The molecule has 0 fully saturated rings. The Hall–Kier alpha value is -3.23. The lowest BCUT2D eigenvalue weighted by molar-refractivity contribution is 0.0950. The Kier molecular flexibility index (Phi) is 5.63. The van der Waals surface area contributed by atoms with Crippen LogP contribution in [-0.2, 0) is 13.1 Å². The molecule has 0 atom stereocenters. The van der Waals surface area contributed by atoms with Gasteiger partial charge in [0.2, 0.25) is 0 Å². The van der Waals surface area contributed by atoms with Crippen LogP contribution in [0.25, 0.3) is 10.7 Å². The van der Waals surface area contributed by atoms with Gasteiger partial charge in [-0.15, -0.1) is 11.3 Å². The highest BCUT2D eigenvalue weighted by atomic mass is 32.2. The number of hydrogen-bond donors (Lipinski definition) is 2. The molecule has 8 heteroatoms. The SMILES string of the molecule is Cc1c(C(=O)NCc2cnc(-c3ccc(F)cn3)s2)ccc2c1NCc1ccccc1S2. The third-order valence-corrected chi connectivity index (χ3v) is 7.44. The number of pyridine rings is 1. The summed E-state index contributed by atoms with van der Waals surface area (Å²) < 4.78 is 13.1. The Morgan fingerprint density at radius 3 is 2.81 bits per heavy atom. The normalized spacial score (nSPS) is 12.3. The minimum Gasteiger partial charge on any atom is -0.380 e. The molecule has 0 aliphatic carbocycles. The fourth-order valence-corrected chi connectivity index (χ4v) is 5.51. The van der Waals surface area contributed by atoms with Crippen molar-refractivity contribution in [2.24, 2.45) is 0 Å². The van der Waals surface area contributed by atoms with Gasteiger partial charge in [-0.2, -0.15) is 0 Å². The monoisotopic (exact) mass is 462 g/mol. The molecule has 2 N–H and O–H groups in total. The van der Waals surface area contributed by atoms with Gasteiger partial charge in [0.05, 0.1) is 24.1 Å². The Morgan fingerprint density at radius 2 is 1.97 bits per heavy atom. The number of benzene rings is 2. The average Bonchev–Trinajstić information content (AvgIpc) is 3.19. The van der Waals surface area contributed by atoms with E-state index in [1.165, 1.54) is 34.1 Å². The molecule has 160 valence electrons. The summed E-state index contributed by atoms with van der Waals surface area (Å²) in [5.41, 5.74) is 4.44. The summed E-state index contributed by atoms with van der Waals surface area (Å²) in [5.74, 6) is -0.514. The highest BCUT2D eigenvalue weighted by Gasteiger charge is 2.19. The van der Waals surface area contributed by atoms with E-state index in [-0.39, 0.29) is 11.7 Å². The van der Waals surface area contributed by atoms with Crippen molar-refractivity contribution in [2.75, 3.05) is 5.32 Å². The van der Waals surface area contributed by atoms with Crippen molar-refractivity contribution in [1.82, 2.24) is 15.3 Å². The molecule has 4 aromatic rings. The largest absolute Gasteiger partial charge is 0.380 e. The van der Waals surface area contributed by atoms with Crippen LogP contribution in [0.3, 0.4) is 0 Å². The van der Waals surface area contributed by atoms with Crippen LogP contribution in [0.4, 0.5) is 10.1 Å². The van der Waals surface area contributed by atoms with Gasteiger partial charge in [-0.25, -0.2) is 9.37 Å². The Bertz CT molecular complexity index is 1300. The second-order valence-corrected chi connectivity index (χ2v) is 9.55. The van der Waals surface area contributed by atoms with E-state index >= 15 is 0 Å². The second kappa shape index (κ2) is 8.72. The van der Waals surface area contributed by atoms with E-state index in [0.29, 0.717) is 22.8 Å². The average molecular weight is 463 g/mol. The van der Waals surface area contributed by atoms with Crippen LogP contribution in [0.5, 0.6) is 0 Å². The summed E-state index contributed by atoms with van der Waals surface area (Å²) in [7, 11) is 0. The van der Waals surface area contributed by atoms with Crippen LogP contribution in [0.15, 0.2) is 70.7 Å². The first-order valence-electron chi connectivity index (χ1n) is 10.1. The molecule has 0 unspecified atom stereocenters. The molecule has 2 aromatic carbocycles. The van der Waals surface area contributed by atoms with Gasteiger partial charge in [-0.1, -0.05) is 30.0 Å². The van der Waals surface area contributed by atoms with E-state index in [1.54, 1.807) is 24.0 Å². The molecule has 0 saturated heterocycles. The summed E-state index contributed by atoms with van der Waals surface area (Å²) in [4.78, 5) is 24.6. The van der Waals surface area contributed by atoms with Crippen molar-refractivity contribution >= 4 is 34.7 Å². The number of thiazole rings is 1. The lowest BCUT2D eigenvalue weighted by Gasteiger charge is -2.14. The zero-order valence-electron chi connectivity index (χ0n) is 17.2. The van der Waals surface area contributed by atoms with Gasteiger partial charge in [-0.05, 0) is 48.4 Å². The molecule has 0 bridgehead atoms. The Labute approximate surface area is 193 Å². The Morgan fingerprint density at radius 1 is 1.09 bits per heavy atom. The summed E-state index contributed by atoms with van der Waals surface area (Å²) >= 11 is 3.14. The third-order valence-electron chi connectivity index (χ3n) is 5.24. The molecular weight excluding hydrogens is 443 g/mol. The number of carbonyl (C=O) groups excluding carboxylic acids is 1. The minimum absolute atomic E-state index is 0.131. The smallest absolute Gasteiger partial charge is 0.251 e. The number of halogens is 1. The van der Waals surface area contributed by atoms with Crippen molar-refractivity contribution < 1.29 is 9.18 Å². The molecule has 0 spiro atoms. The highest BCUT2D eigenvalue weighted by Crippen LogP contribution is 2.41. The van der Waals surface area contributed by atoms with Crippen LogP contribution in [-0.4, -0.2) is 15.9 Å². The number of nitrogens with zero attached hydrogens (tertiary/aromatic N) is 2. The molecule has 5 rings (SSSR count). The van der Waals surface area contributed by atoms with Crippen LogP contribution in [0.1, 0.15) is 26.4 Å². The third kappa shape index (κ3) is 4.11. The topological polar surface area (TPSA) is 66.9 Å². The first-order chi connectivity index (χ1) is 15.6. The minimum atomic E-state index is -0.384. The molecule has 5 nitrogen and oxygen atoms in total. The summed E-state index contributed by atoms with van der Waals surface area (Å²) in [5, 5.41) is 7.18. The fraction of sp³-hybridized carbons (Fsp3) is 0.125. The van der Waals surface area contributed by atoms with Crippen molar-refractivity contribution in [2.45, 2.75) is 29.8 Å². The van der Waals surface area contributed by atoms with E-state index in [4.69, 9.17) is 0 Å². The first kappa shape index (κ1) is 20.7. The predicted octanol–water partition coefficient (Wildman–Crippen LogP) is 5.66. The maximum atomic E-state index is 13.1. The number of carbonyl (C=O) groups is 1. The second-order valence-electron chi connectivity index (χ2n) is 7.35. The van der Waals surface area contributed by atoms with Gasteiger partial charge in [0.15, 0.2) is 0 Å². The van der Waals surface area contributed by atoms with Gasteiger partial charge >= 0.3 is 0 Å². The molecule has 0 saturated carbocycles. The number of aromatic nitrogens is 2. The van der Waals surface area contributed by atoms with Gasteiger partial charge in [-0.3, -0.25) is 9.78 Å². The molecule has 2 aromatic heterocycles. The van der Waals surface area contributed by atoms with Crippen molar-refractivity contribution in [3.05, 3.63) is 88.3 Å². The van der Waals surface area contributed by atoms with Gasteiger partial charge < -0.3 is 10.6 Å².